The van der Waals surface area contributed by atoms with Crippen LogP contribution in [0.1, 0.15) is 65.1 Å². The van der Waals surface area contributed by atoms with E-state index < -0.39 is 0 Å². The Morgan fingerprint density at radius 1 is 1.00 bits per heavy atom. The third-order valence-corrected chi connectivity index (χ3v) is 8.20. The summed E-state index contributed by atoms with van der Waals surface area (Å²) in [7, 11) is 0. The van der Waals surface area contributed by atoms with E-state index in [1.165, 1.54) is 28.8 Å². The summed E-state index contributed by atoms with van der Waals surface area (Å²) in [4.78, 5) is 20.2. The van der Waals surface area contributed by atoms with E-state index in [1.54, 1.807) is 11.3 Å². The summed E-state index contributed by atoms with van der Waals surface area (Å²) in [5.41, 5.74) is 7.29. The number of aryl methyl sites for hydroxylation is 1. The second kappa shape index (κ2) is 10.9. The molecular weight excluding hydrogens is 476 g/mol. The number of benzene rings is 2. The van der Waals surface area contributed by atoms with Crippen LogP contribution in [-0.2, 0) is 26.1 Å². The summed E-state index contributed by atoms with van der Waals surface area (Å²) in [5, 5.41) is 6.74. The molecule has 0 spiro atoms. The maximum absolute atomic E-state index is 4.89. The zero-order valence-electron chi connectivity index (χ0n) is 21.1. The zero-order chi connectivity index (χ0) is 25.0. The first-order valence-corrected chi connectivity index (χ1v) is 13.9. The number of fused-ring (bicyclic) bond motifs is 2. The third kappa shape index (κ3) is 5.49. The third-order valence-electron chi connectivity index (χ3n) is 7.24. The summed E-state index contributed by atoms with van der Waals surface area (Å²) in [6.07, 6.45) is 7.21. The van der Waals surface area contributed by atoms with E-state index in [0.29, 0.717) is 0 Å². The summed E-state index contributed by atoms with van der Waals surface area (Å²) in [6.45, 7) is 4.59. The van der Waals surface area contributed by atoms with Crippen molar-refractivity contribution in [3.63, 3.8) is 0 Å². The number of nitrogens with zero attached hydrogens (tertiary/aromatic N) is 4. The molecule has 2 atom stereocenters. The van der Waals surface area contributed by atoms with Crippen LogP contribution < -0.4 is 5.32 Å². The molecule has 188 valence electrons. The number of rotatable bonds is 9. The Hall–Kier alpha value is -3.39. The highest BCUT2D eigenvalue weighted by atomic mass is 32.1. The fourth-order valence-electron chi connectivity index (χ4n) is 5.29. The Kier molecular flexibility index (Phi) is 7.08. The van der Waals surface area contributed by atoms with Crippen LogP contribution in [0.2, 0.25) is 0 Å². The predicted octanol–water partition coefficient (Wildman–Crippen LogP) is 6.35. The van der Waals surface area contributed by atoms with Gasteiger partial charge in [-0.3, -0.25) is 9.88 Å². The number of aromatic nitrogens is 4. The summed E-state index contributed by atoms with van der Waals surface area (Å²) < 4.78 is 0. The lowest BCUT2D eigenvalue weighted by Crippen LogP contribution is -2.31. The van der Waals surface area contributed by atoms with Crippen LogP contribution >= 0.6 is 11.3 Å². The van der Waals surface area contributed by atoms with E-state index in [4.69, 9.17) is 9.97 Å². The average Bonchev–Trinajstić information content (AvgIpc) is 3.62. The van der Waals surface area contributed by atoms with Gasteiger partial charge in [-0.25, -0.2) is 9.97 Å². The fraction of sp³-hybridized carbons (Fsp3) is 0.300. The van der Waals surface area contributed by atoms with Crippen molar-refractivity contribution in [2.75, 3.05) is 0 Å². The summed E-state index contributed by atoms with van der Waals surface area (Å²) in [6, 6.07) is 22.1. The first-order chi connectivity index (χ1) is 18.2. The van der Waals surface area contributed by atoms with Gasteiger partial charge in [-0.15, -0.1) is 11.3 Å². The molecule has 2 unspecified atom stereocenters. The molecular formula is C30H32N6S. The maximum atomic E-state index is 4.89. The molecule has 0 amide bonds. The van der Waals surface area contributed by atoms with Crippen molar-refractivity contribution in [3.8, 4) is 0 Å². The SMILES string of the molecule is CC(NCc1ccc(CN(Cc2nc3ccccc3[nH]2)C2CCCc3cccnc32)cc1)c1nccs1. The number of hydrogen-bond donors (Lipinski definition) is 2. The van der Waals surface area contributed by atoms with Crippen LogP contribution in [0.3, 0.4) is 0 Å². The van der Waals surface area contributed by atoms with Crippen molar-refractivity contribution in [1.82, 2.24) is 30.2 Å². The van der Waals surface area contributed by atoms with Gasteiger partial charge in [0.05, 0.1) is 35.4 Å². The van der Waals surface area contributed by atoms with Gasteiger partial charge in [0.15, 0.2) is 0 Å². The van der Waals surface area contributed by atoms with Crippen molar-refractivity contribution in [1.29, 1.82) is 0 Å². The Morgan fingerprint density at radius 3 is 2.70 bits per heavy atom. The predicted molar refractivity (Wildman–Crippen MR) is 149 cm³/mol. The average molecular weight is 509 g/mol. The van der Waals surface area contributed by atoms with E-state index in [1.807, 2.05) is 23.8 Å². The molecule has 37 heavy (non-hydrogen) atoms. The number of nitrogens with one attached hydrogen (secondary N) is 2. The molecule has 6 nitrogen and oxygen atoms in total. The second-order valence-electron chi connectivity index (χ2n) is 9.85. The molecule has 1 aliphatic rings. The topological polar surface area (TPSA) is 69.7 Å². The minimum absolute atomic E-state index is 0.248. The molecule has 2 N–H and O–H groups in total. The Labute approximate surface area is 221 Å². The van der Waals surface area contributed by atoms with Crippen LogP contribution in [0.5, 0.6) is 0 Å². The van der Waals surface area contributed by atoms with Crippen LogP contribution in [0.4, 0.5) is 0 Å². The van der Waals surface area contributed by atoms with Crippen molar-refractivity contribution in [2.45, 2.75) is 57.9 Å². The molecule has 5 aromatic rings. The minimum Gasteiger partial charge on any atom is -0.341 e. The molecule has 0 radical (unpaired) electrons. The number of para-hydroxylation sites is 2. The number of imidazole rings is 1. The molecule has 0 fully saturated rings. The Bertz CT molecular complexity index is 1410. The number of H-pyrrole nitrogens is 1. The van der Waals surface area contributed by atoms with Crippen molar-refractivity contribution in [2.24, 2.45) is 0 Å². The van der Waals surface area contributed by atoms with Gasteiger partial charge in [0.1, 0.15) is 10.8 Å². The minimum atomic E-state index is 0.248. The van der Waals surface area contributed by atoms with Gasteiger partial charge in [0, 0.05) is 30.9 Å². The van der Waals surface area contributed by atoms with Crippen LogP contribution in [0, 0.1) is 0 Å². The molecule has 2 aromatic carbocycles. The van der Waals surface area contributed by atoms with Crippen LogP contribution in [0.15, 0.2) is 78.4 Å². The van der Waals surface area contributed by atoms with Gasteiger partial charge in [-0.2, -0.15) is 0 Å². The zero-order valence-corrected chi connectivity index (χ0v) is 21.9. The van der Waals surface area contributed by atoms with Crippen LogP contribution in [-0.4, -0.2) is 24.8 Å². The lowest BCUT2D eigenvalue weighted by atomic mass is 9.90. The highest BCUT2D eigenvalue weighted by molar-refractivity contribution is 7.09. The molecule has 0 saturated heterocycles. The summed E-state index contributed by atoms with van der Waals surface area (Å²) in [5.74, 6) is 1.00. The van der Waals surface area contributed by atoms with E-state index in [0.717, 1.165) is 54.3 Å². The molecule has 3 aromatic heterocycles. The highest BCUT2D eigenvalue weighted by Gasteiger charge is 2.28. The summed E-state index contributed by atoms with van der Waals surface area (Å²) >= 11 is 1.69. The Balaban J connectivity index is 1.21. The second-order valence-corrected chi connectivity index (χ2v) is 10.8. The van der Waals surface area contributed by atoms with Crippen molar-refractivity contribution >= 4 is 22.4 Å². The van der Waals surface area contributed by atoms with Crippen LogP contribution in [0.25, 0.3) is 11.0 Å². The number of pyridine rings is 1. The van der Waals surface area contributed by atoms with E-state index >= 15 is 0 Å². The smallest absolute Gasteiger partial charge is 0.121 e. The van der Waals surface area contributed by atoms with Gasteiger partial charge in [-0.1, -0.05) is 42.5 Å². The molecule has 0 saturated carbocycles. The van der Waals surface area contributed by atoms with E-state index in [9.17, 15) is 0 Å². The van der Waals surface area contributed by atoms with Crippen molar-refractivity contribution < 1.29 is 0 Å². The molecule has 0 aliphatic heterocycles. The lowest BCUT2D eigenvalue weighted by molar-refractivity contribution is 0.153. The van der Waals surface area contributed by atoms with E-state index in [2.05, 4.69) is 81.7 Å². The highest BCUT2D eigenvalue weighted by Crippen LogP contribution is 2.34. The van der Waals surface area contributed by atoms with Gasteiger partial charge in [-0.05, 0) is 61.1 Å². The monoisotopic (exact) mass is 508 g/mol. The molecule has 7 heteroatoms. The first-order valence-electron chi connectivity index (χ1n) is 13.0. The Morgan fingerprint density at radius 2 is 1.86 bits per heavy atom. The quantitative estimate of drug-likeness (QED) is 0.243. The molecule has 6 rings (SSSR count). The number of hydrogen-bond acceptors (Lipinski definition) is 6. The number of thiazole rings is 1. The van der Waals surface area contributed by atoms with E-state index in [-0.39, 0.29) is 12.1 Å². The maximum Gasteiger partial charge on any atom is 0.121 e. The molecule has 0 bridgehead atoms. The van der Waals surface area contributed by atoms with Crippen molar-refractivity contribution in [3.05, 3.63) is 112 Å². The normalized spacial score (nSPS) is 16.2. The lowest BCUT2D eigenvalue weighted by Gasteiger charge is -2.34. The largest absolute Gasteiger partial charge is 0.341 e. The standard InChI is InChI=1S/C30H32N6S/c1-21(30-32-16-17-37-30)33-18-22-11-13-23(14-12-22)19-36(20-28-34-25-8-2-3-9-26(25)35-28)27-10-4-6-24-7-5-15-31-29(24)27/h2-3,5,7-9,11-17,21,27,33H,4,6,10,18-20H2,1H3,(H,34,35). The van der Waals surface area contributed by atoms with Gasteiger partial charge >= 0.3 is 0 Å². The van der Waals surface area contributed by atoms with Gasteiger partial charge in [0.25, 0.3) is 0 Å². The number of aromatic amines is 1. The van der Waals surface area contributed by atoms with Gasteiger partial charge < -0.3 is 10.3 Å². The molecule has 1 aliphatic carbocycles. The fourth-order valence-corrected chi connectivity index (χ4v) is 5.96. The first kappa shape index (κ1) is 24.0. The van der Waals surface area contributed by atoms with Gasteiger partial charge in [0.2, 0.25) is 0 Å². The molecule has 3 heterocycles.